The summed E-state index contributed by atoms with van der Waals surface area (Å²) in [6.07, 6.45) is 5.21. The molecule has 0 aliphatic carbocycles. The van der Waals surface area contributed by atoms with Crippen molar-refractivity contribution in [2.24, 2.45) is 11.3 Å². The van der Waals surface area contributed by atoms with Gasteiger partial charge in [-0.2, -0.15) is 0 Å². The molecule has 0 saturated carbocycles. The van der Waals surface area contributed by atoms with Gasteiger partial charge in [0, 0.05) is 13.1 Å². The van der Waals surface area contributed by atoms with E-state index in [0.29, 0.717) is 11.7 Å². The van der Waals surface area contributed by atoms with Crippen molar-refractivity contribution in [1.29, 1.82) is 0 Å². The van der Waals surface area contributed by atoms with E-state index < -0.39 is 10.0 Å². The van der Waals surface area contributed by atoms with Gasteiger partial charge in [-0.3, -0.25) is 0 Å². The average molecular weight is 288 g/mol. The van der Waals surface area contributed by atoms with Crippen LogP contribution in [0.1, 0.15) is 46.0 Å². The van der Waals surface area contributed by atoms with Crippen LogP contribution in [0, 0.1) is 11.3 Å². The van der Waals surface area contributed by atoms with Gasteiger partial charge in [0.25, 0.3) is 0 Å². The summed E-state index contributed by atoms with van der Waals surface area (Å²) in [5.74, 6) is 0.711. The number of hydrogen-bond donors (Lipinski definition) is 1. The second-order valence-corrected chi connectivity index (χ2v) is 8.28. The zero-order valence-corrected chi connectivity index (χ0v) is 13.1. The molecule has 2 rings (SSSR count). The molecule has 0 bridgehead atoms. The van der Waals surface area contributed by atoms with Crippen molar-refractivity contribution in [3.8, 4) is 0 Å². The highest BCUT2D eigenvalue weighted by molar-refractivity contribution is 7.89. The Morgan fingerprint density at radius 3 is 2.37 bits per heavy atom. The van der Waals surface area contributed by atoms with Gasteiger partial charge in [-0.25, -0.2) is 12.7 Å². The molecular weight excluding hydrogens is 260 g/mol. The van der Waals surface area contributed by atoms with Crippen LogP contribution in [0.25, 0.3) is 0 Å². The highest BCUT2D eigenvalue weighted by Gasteiger charge is 2.40. The molecule has 0 aromatic heterocycles. The number of piperidine rings is 1. The molecule has 0 amide bonds. The fourth-order valence-electron chi connectivity index (χ4n) is 3.41. The van der Waals surface area contributed by atoms with E-state index in [2.05, 4.69) is 19.2 Å². The van der Waals surface area contributed by atoms with Crippen LogP contribution >= 0.6 is 0 Å². The number of rotatable bonds is 5. The topological polar surface area (TPSA) is 49.4 Å². The number of hydrogen-bond acceptors (Lipinski definition) is 3. The lowest BCUT2D eigenvalue weighted by Gasteiger charge is -2.28. The van der Waals surface area contributed by atoms with E-state index in [1.165, 1.54) is 0 Å². The minimum absolute atomic E-state index is 0.237. The van der Waals surface area contributed by atoms with Crippen LogP contribution in [0.5, 0.6) is 0 Å². The molecule has 0 spiro atoms. The maximum atomic E-state index is 12.5. The zero-order chi connectivity index (χ0) is 13.9. The van der Waals surface area contributed by atoms with Crippen LogP contribution in [-0.2, 0) is 10.0 Å². The molecule has 0 aromatic rings. The van der Waals surface area contributed by atoms with Crippen molar-refractivity contribution in [1.82, 2.24) is 9.62 Å². The van der Waals surface area contributed by atoms with E-state index in [4.69, 9.17) is 0 Å². The average Bonchev–Trinajstić information content (AvgIpc) is 2.85. The standard InChI is InChI=1S/C14H28N2O2S/c1-3-14(4-2)7-10-16(12-14)19(17,18)11-13-5-8-15-9-6-13/h13,15H,3-12H2,1-2H3. The van der Waals surface area contributed by atoms with E-state index in [1.54, 1.807) is 4.31 Å². The zero-order valence-electron chi connectivity index (χ0n) is 12.3. The molecule has 2 aliphatic heterocycles. The lowest BCUT2D eigenvalue weighted by molar-refractivity contribution is 0.279. The van der Waals surface area contributed by atoms with Gasteiger partial charge >= 0.3 is 0 Å². The smallest absolute Gasteiger partial charge is 0.214 e. The van der Waals surface area contributed by atoms with Gasteiger partial charge in [0.15, 0.2) is 0 Å². The SMILES string of the molecule is CCC1(CC)CCN(S(=O)(=O)CC2CCNCC2)C1. The van der Waals surface area contributed by atoms with E-state index in [-0.39, 0.29) is 5.41 Å². The fourth-order valence-corrected chi connectivity index (χ4v) is 5.39. The highest BCUT2D eigenvalue weighted by Crippen LogP contribution is 2.38. The first kappa shape index (κ1) is 15.3. The van der Waals surface area contributed by atoms with Gasteiger partial charge in [-0.1, -0.05) is 13.8 Å². The van der Waals surface area contributed by atoms with Gasteiger partial charge in [0.05, 0.1) is 5.75 Å². The predicted octanol–water partition coefficient (Wildman–Crippen LogP) is 1.83. The van der Waals surface area contributed by atoms with Crippen LogP contribution in [0.2, 0.25) is 0 Å². The van der Waals surface area contributed by atoms with E-state index in [9.17, 15) is 8.42 Å². The molecule has 112 valence electrons. The Morgan fingerprint density at radius 2 is 1.84 bits per heavy atom. The van der Waals surface area contributed by atoms with Crippen LogP contribution < -0.4 is 5.32 Å². The molecule has 2 saturated heterocycles. The maximum Gasteiger partial charge on any atom is 0.214 e. The third kappa shape index (κ3) is 3.50. The van der Waals surface area contributed by atoms with Crippen LogP contribution in [0.15, 0.2) is 0 Å². The van der Waals surface area contributed by atoms with Gasteiger partial charge in [0.1, 0.15) is 0 Å². The monoisotopic (exact) mass is 288 g/mol. The number of nitrogens with zero attached hydrogens (tertiary/aromatic N) is 1. The third-order valence-electron chi connectivity index (χ3n) is 5.20. The second kappa shape index (κ2) is 6.10. The summed E-state index contributed by atoms with van der Waals surface area (Å²) in [4.78, 5) is 0. The van der Waals surface area contributed by atoms with Gasteiger partial charge in [-0.05, 0) is 56.5 Å². The van der Waals surface area contributed by atoms with E-state index >= 15 is 0 Å². The molecule has 5 heteroatoms. The molecular formula is C14H28N2O2S. The Hall–Kier alpha value is -0.130. The van der Waals surface area contributed by atoms with Crippen molar-refractivity contribution >= 4 is 10.0 Å². The quantitative estimate of drug-likeness (QED) is 0.839. The summed E-state index contributed by atoms with van der Waals surface area (Å²) in [5, 5.41) is 3.29. The lowest BCUT2D eigenvalue weighted by Crippen LogP contribution is -2.38. The largest absolute Gasteiger partial charge is 0.317 e. The summed E-state index contributed by atoms with van der Waals surface area (Å²) in [5.41, 5.74) is 0.237. The first-order valence-corrected chi connectivity index (χ1v) is 9.31. The summed E-state index contributed by atoms with van der Waals surface area (Å²) in [6.45, 7) is 7.78. The Labute approximate surface area is 118 Å². The van der Waals surface area contributed by atoms with Gasteiger partial charge < -0.3 is 5.32 Å². The molecule has 1 N–H and O–H groups in total. The summed E-state index contributed by atoms with van der Waals surface area (Å²) < 4.78 is 26.8. The van der Waals surface area contributed by atoms with Crippen molar-refractivity contribution in [2.45, 2.75) is 46.0 Å². The minimum Gasteiger partial charge on any atom is -0.317 e. The third-order valence-corrected chi connectivity index (χ3v) is 7.19. The molecule has 2 heterocycles. The highest BCUT2D eigenvalue weighted by atomic mass is 32.2. The fraction of sp³-hybridized carbons (Fsp3) is 1.00. The van der Waals surface area contributed by atoms with Crippen LogP contribution in [-0.4, -0.2) is 44.7 Å². The molecule has 2 aliphatic rings. The summed E-state index contributed by atoms with van der Waals surface area (Å²) in [6, 6.07) is 0. The maximum absolute atomic E-state index is 12.5. The lowest BCUT2D eigenvalue weighted by atomic mass is 9.82. The Bertz CT molecular complexity index is 384. The first-order chi connectivity index (χ1) is 9.01. The van der Waals surface area contributed by atoms with Crippen molar-refractivity contribution in [3.05, 3.63) is 0 Å². The van der Waals surface area contributed by atoms with Crippen molar-refractivity contribution in [3.63, 3.8) is 0 Å². The molecule has 0 radical (unpaired) electrons. The van der Waals surface area contributed by atoms with Gasteiger partial charge in [-0.15, -0.1) is 0 Å². The number of sulfonamides is 1. The normalized spacial score (nSPS) is 25.8. The first-order valence-electron chi connectivity index (χ1n) is 7.70. The molecule has 4 nitrogen and oxygen atoms in total. The number of nitrogens with one attached hydrogen (secondary N) is 1. The molecule has 0 atom stereocenters. The van der Waals surface area contributed by atoms with Crippen LogP contribution in [0.3, 0.4) is 0 Å². The molecule has 19 heavy (non-hydrogen) atoms. The molecule has 2 fully saturated rings. The summed E-state index contributed by atoms with van der Waals surface area (Å²) in [7, 11) is -3.05. The van der Waals surface area contributed by atoms with Crippen molar-refractivity contribution in [2.75, 3.05) is 31.9 Å². The van der Waals surface area contributed by atoms with Gasteiger partial charge in [0.2, 0.25) is 10.0 Å². The minimum atomic E-state index is -3.05. The van der Waals surface area contributed by atoms with E-state index in [0.717, 1.165) is 58.3 Å². The molecule has 0 unspecified atom stereocenters. The Kier molecular flexibility index (Phi) is 4.90. The Morgan fingerprint density at radius 1 is 1.21 bits per heavy atom. The predicted molar refractivity (Wildman–Crippen MR) is 78.6 cm³/mol. The molecule has 0 aromatic carbocycles. The Balaban J connectivity index is 1.97. The second-order valence-electron chi connectivity index (χ2n) is 6.26. The van der Waals surface area contributed by atoms with Crippen molar-refractivity contribution < 1.29 is 8.42 Å². The van der Waals surface area contributed by atoms with Crippen LogP contribution in [0.4, 0.5) is 0 Å². The van der Waals surface area contributed by atoms with E-state index in [1.807, 2.05) is 0 Å². The summed E-state index contributed by atoms with van der Waals surface area (Å²) >= 11 is 0.